The van der Waals surface area contributed by atoms with Crippen molar-refractivity contribution >= 4 is 5.91 Å². The molecule has 1 aliphatic carbocycles. The first-order valence-electron chi connectivity index (χ1n) is 9.38. The van der Waals surface area contributed by atoms with Crippen molar-refractivity contribution in [1.29, 1.82) is 0 Å². The van der Waals surface area contributed by atoms with Crippen LogP contribution in [0, 0.1) is 5.92 Å². The molecule has 1 N–H and O–H groups in total. The van der Waals surface area contributed by atoms with Crippen LogP contribution < -0.4 is 0 Å². The fraction of sp³-hybridized carbons (Fsp3) is 0.944. The van der Waals surface area contributed by atoms with E-state index in [2.05, 4.69) is 4.90 Å². The van der Waals surface area contributed by atoms with Crippen LogP contribution in [-0.4, -0.2) is 71.3 Å². The Bertz CT molecular complexity index is 401. The molecule has 1 amide bonds. The second-order valence-electron chi connectivity index (χ2n) is 7.84. The number of aliphatic hydroxyl groups excluding tert-OH is 1. The van der Waals surface area contributed by atoms with Gasteiger partial charge in [-0.1, -0.05) is 19.3 Å². The van der Waals surface area contributed by atoms with Gasteiger partial charge in [-0.25, -0.2) is 0 Å². The predicted molar refractivity (Wildman–Crippen MR) is 89.1 cm³/mol. The first-order valence-corrected chi connectivity index (χ1v) is 9.38. The molecule has 0 spiro atoms. The van der Waals surface area contributed by atoms with E-state index in [1.54, 1.807) is 0 Å². The lowest BCUT2D eigenvalue weighted by Crippen LogP contribution is -2.52. The molecule has 2 aliphatic heterocycles. The summed E-state index contributed by atoms with van der Waals surface area (Å²) >= 11 is 0. The largest absolute Gasteiger partial charge is 0.392 e. The first-order chi connectivity index (χ1) is 11.0. The fourth-order valence-corrected chi connectivity index (χ4v) is 4.76. The highest BCUT2D eigenvalue weighted by molar-refractivity contribution is 5.78. The van der Waals surface area contributed by atoms with Crippen LogP contribution in [0.5, 0.6) is 0 Å². The average Bonchev–Trinajstić information content (AvgIpc) is 2.87. The maximum atomic E-state index is 12.7. The van der Waals surface area contributed by atoms with Crippen molar-refractivity contribution in [3.05, 3.63) is 0 Å². The third kappa shape index (κ3) is 4.25. The summed E-state index contributed by atoms with van der Waals surface area (Å²) in [5.74, 6) is 0.859. The van der Waals surface area contributed by atoms with Crippen LogP contribution in [0.3, 0.4) is 0 Å². The third-order valence-electron chi connectivity index (χ3n) is 5.73. The standard InChI is InChI=1S/C18H32N2O3/c1-13-9-20(10-14(2)23-13)18(22)12-19-11-16(21)8-17(19)15-6-4-3-5-7-15/h13-17,21H,3-12H2,1-2H3/t13-,14-,16-,17-/m1/s1. The van der Waals surface area contributed by atoms with Crippen molar-refractivity contribution in [3.63, 3.8) is 0 Å². The zero-order chi connectivity index (χ0) is 16.4. The lowest BCUT2D eigenvalue weighted by molar-refractivity contribution is -0.144. The minimum absolute atomic E-state index is 0.112. The summed E-state index contributed by atoms with van der Waals surface area (Å²) in [6, 6.07) is 0.394. The maximum absolute atomic E-state index is 12.7. The molecule has 0 aromatic carbocycles. The van der Waals surface area contributed by atoms with E-state index in [0.29, 0.717) is 38.1 Å². The van der Waals surface area contributed by atoms with Gasteiger partial charge in [0.1, 0.15) is 0 Å². The zero-order valence-corrected chi connectivity index (χ0v) is 14.6. The summed E-state index contributed by atoms with van der Waals surface area (Å²) in [5.41, 5.74) is 0. The lowest BCUT2D eigenvalue weighted by Gasteiger charge is -2.38. The highest BCUT2D eigenvalue weighted by Gasteiger charge is 2.38. The molecule has 0 unspecified atom stereocenters. The summed E-state index contributed by atoms with van der Waals surface area (Å²) in [5, 5.41) is 10.1. The van der Waals surface area contributed by atoms with Crippen molar-refractivity contribution in [2.24, 2.45) is 5.92 Å². The maximum Gasteiger partial charge on any atom is 0.236 e. The summed E-state index contributed by atoms with van der Waals surface area (Å²) in [6.07, 6.45) is 7.26. The lowest BCUT2D eigenvalue weighted by atomic mass is 9.83. The van der Waals surface area contributed by atoms with Crippen LogP contribution in [0.1, 0.15) is 52.4 Å². The molecule has 0 aromatic heterocycles. The number of β-amino-alcohol motifs (C(OH)–C–C–N with tert-alkyl or cyclic N) is 1. The molecule has 3 aliphatic rings. The van der Waals surface area contributed by atoms with Crippen molar-refractivity contribution in [2.75, 3.05) is 26.2 Å². The molecule has 3 rings (SSSR count). The van der Waals surface area contributed by atoms with Crippen LogP contribution in [0.25, 0.3) is 0 Å². The number of hydrogen-bond acceptors (Lipinski definition) is 4. The monoisotopic (exact) mass is 324 g/mol. The number of aliphatic hydroxyl groups is 1. The predicted octanol–water partition coefficient (Wildman–Crippen LogP) is 1.64. The average molecular weight is 324 g/mol. The summed E-state index contributed by atoms with van der Waals surface area (Å²) < 4.78 is 5.72. The highest BCUT2D eigenvalue weighted by atomic mass is 16.5. The van der Waals surface area contributed by atoms with Gasteiger partial charge >= 0.3 is 0 Å². The molecule has 23 heavy (non-hydrogen) atoms. The molecule has 132 valence electrons. The van der Waals surface area contributed by atoms with Crippen molar-refractivity contribution < 1.29 is 14.6 Å². The van der Waals surface area contributed by atoms with Gasteiger partial charge in [0, 0.05) is 25.7 Å². The van der Waals surface area contributed by atoms with E-state index in [1.165, 1.54) is 32.1 Å². The van der Waals surface area contributed by atoms with Crippen LogP contribution in [0.2, 0.25) is 0 Å². The Balaban J connectivity index is 1.59. The van der Waals surface area contributed by atoms with Gasteiger partial charge in [0.25, 0.3) is 0 Å². The van der Waals surface area contributed by atoms with Crippen molar-refractivity contribution in [3.8, 4) is 0 Å². The topological polar surface area (TPSA) is 53.0 Å². The Morgan fingerprint density at radius 2 is 1.74 bits per heavy atom. The van der Waals surface area contributed by atoms with Gasteiger partial charge in [0.2, 0.25) is 5.91 Å². The van der Waals surface area contributed by atoms with Gasteiger partial charge in [-0.2, -0.15) is 0 Å². The number of hydrogen-bond donors (Lipinski definition) is 1. The van der Waals surface area contributed by atoms with E-state index in [0.717, 1.165) is 6.42 Å². The van der Waals surface area contributed by atoms with E-state index in [1.807, 2.05) is 18.7 Å². The molecule has 5 heteroatoms. The van der Waals surface area contributed by atoms with E-state index < -0.39 is 0 Å². The fourth-order valence-electron chi connectivity index (χ4n) is 4.76. The smallest absolute Gasteiger partial charge is 0.236 e. The second-order valence-corrected chi connectivity index (χ2v) is 7.84. The highest BCUT2D eigenvalue weighted by Crippen LogP contribution is 2.34. The summed E-state index contributed by atoms with van der Waals surface area (Å²) in [4.78, 5) is 16.9. The van der Waals surface area contributed by atoms with E-state index in [9.17, 15) is 9.90 Å². The van der Waals surface area contributed by atoms with E-state index >= 15 is 0 Å². The Hall–Kier alpha value is -0.650. The Kier molecular flexibility index (Phi) is 5.60. The Morgan fingerprint density at radius 3 is 2.39 bits per heavy atom. The number of nitrogens with zero attached hydrogens (tertiary/aromatic N) is 2. The molecule has 0 bridgehead atoms. The molecular weight excluding hydrogens is 292 g/mol. The quantitative estimate of drug-likeness (QED) is 0.857. The molecule has 5 nitrogen and oxygen atoms in total. The van der Waals surface area contributed by atoms with Crippen molar-refractivity contribution in [1.82, 2.24) is 9.80 Å². The van der Waals surface area contributed by atoms with Gasteiger partial charge in [0.05, 0.1) is 24.9 Å². The van der Waals surface area contributed by atoms with E-state index in [-0.39, 0.29) is 24.2 Å². The number of likely N-dealkylation sites (tertiary alicyclic amines) is 1. The summed E-state index contributed by atoms with van der Waals surface area (Å²) in [7, 11) is 0. The molecule has 4 atom stereocenters. The molecular formula is C18H32N2O3. The molecule has 0 aromatic rings. The van der Waals surface area contributed by atoms with Crippen LogP contribution in [0.15, 0.2) is 0 Å². The number of rotatable bonds is 3. The van der Waals surface area contributed by atoms with Crippen LogP contribution >= 0.6 is 0 Å². The number of carbonyl (C=O) groups is 1. The second kappa shape index (κ2) is 7.49. The van der Waals surface area contributed by atoms with Crippen molar-refractivity contribution in [2.45, 2.75) is 76.7 Å². The Labute approximate surface area is 140 Å². The van der Waals surface area contributed by atoms with Gasteiger partial charge in [-0.15, -0.1) is 0 Å². The minimum Gasteiger partial charge on any atom is -0.392 e. The molecule has 3 fully saturated rings. The van der Waals surface area contributed by atoms with Crippen LogP contribution in [-0.2, 0) is 9.53 Å². The molecule has 2 heterocycles. The zero-order valence-electron chi connectivity index (χ0n) is 14.6. The minimum atomic E-state index is -0.266. The first kappa shape index (κ1) is 17.2. The number of morpholine rings is 1. The Morgan fingerprint density at radius 1 is 1.09 bits per heavy atom. The molecule has 2 saturated heterocycles. The van der Waals surface area contributed by atoms with E-state index in [4.69, 9.17) is 4.74 Å². The normalized spacial score (nSPS) is 37.3. The number of amides is 1. The molecule has 0 radical (unpaired) electrons. The van der Waals surface area contributed by atoms with Gasteiger partial charge < -0.3 is 14.7 Å². The van der Waals surface area contributed by atoms with Gasteiger partial charge in [0.15, 0.2) is 0 Å². The number of carbonyl (C=O) groups excluding carboxylic acids is 1. The summed E-state index contributed by atoms with van der Waals surface area (Å²) in [6.45, 7) is 6.54. The molecule has 1 saturated carbocycles. The van der Waals surface area contributed by atoms with Gasteiger partial charge in [-0.3, -0.25) is 9.69 Å². The van der Waals surface area contributed by atoms with Crippen LogP contribution in [0.4, 0.5) is 0 Å². The number of ether oxygens (including phenoxy) is 1. The SMILES string of the molecule is C[C@@H]1CN(C(=O)CN2C[C@H](O)C[C@@H]2C2CCCCC2)C[C@@H](C)O1. The van der Waals surface area contributed by atoms with Gasteiger partial charge in [-0.05, 0) is 39.0 Å². The third-order valence-corrected chi connectivity index (χ3v) is 5.73.